The Balaban J connectivity index is 2.34. The molecule has 0 spiro atoms. The van der Waals surface area contributed by atoms with E-state index in [0.29, 0.717) is 19.0 Å². The maximum absolute atomic E-state index is 11.8. The molecule has 6 heteroatoms. The number of urea groups is 1. The second-order valence-electron chi connectivity index (χ2n) is 5.40. The van der Waals surface area contributed by atoms with Crippen molar-refractivity contribution < 1.29 is 19.8 Å². The minimum Gasteiger partial charge on any atom is -0.481 e. The van der Waals surface area contributed by atoms with E-state index in [4.69, 9.17) is 5.11 Å². The summed E-state index contributed by atoms with van der Waals surface area (Å²) in [5.41, 5.74) is -1.41. The average molecular weight is 258 g/mol. The largest absolute Gasteiger partial charge is 0.481 e. The summed E-state index contributed by atoms with van der Waals surface area (Å²) in [6, 6.07) is -0.229. The number of rotatable bonds is 4. The molecule has 1 heterocycles. The molecule has 0 aliphatic carbocycles. The maximum Gasteiger partial charge on any atom is 0.317 e. The van der Waals surface area contributed by atoms with Gasteiger partial charge in [0.05, 0.1) is 12.0 Å². The third-order valence-electron chi connectivity index (χ3n) is 3.22. The van der Waals surface area contributed by atoms with Gasteiger partial charge in [-0.15, -0.1) is 0 Å². The van der Waals surface area contributed by atoms with Crippen LogP contribution in [0.3, 0.4) is 0 Å². The Bertz CT molecular complexity index is 309. The zero-order valence-corrected chi connectivity index (χ0v) is 11.0. The van der Waals surface area contributed by atoms with Crippen molar-refractivity contribution in [2.75, 3.05) is 19.6 Å². The molecule has 1 aliphatic heterocycles. The zero-order valence-electron chi connectivity index (χ0n) is 11.0. The topological polar surface area (TPSA) is 89.9 Å². The van der Waals surface area contributed by atoms with E-state index in [-0.39, 0.29) is 19.0 Å². The number of carbonyl (C=O) groups excluding carboxylic acids is 1. The number of hydrogen-bond donors (Lipinski definition) is 3. The van der Waals surface area contributed by atoms with Crippen LogP contribution in [-0.2, 0) is 4.79 Å². The van der Waals surface area contributed by atoms with E-state index in [2.05, 4.69) is 12.2 Å². The molecule has 6 nitrogen and oxygen atoms in total. The lowest BCUT2D eigenvalue weighted by atomic mass is 9.99. The Labute approximate surface area is 107 Å². The van der Waals surface area contributed by atoms with E-state index >= 15 is 0 Å². The molecule has 0 radical (unpaired) electrons. The van der Waals surface area contributed by atoms with Gasteiger partial charge in [0.1, 0.15) is 0 Å². The van der Waals surface area contributed by atoms with Crippen LogP contribution < -0.4 is 5.32 Å². The van der Waals surface area contributed by atoms with E-state index in [1.54, 1.807) is 4.90 Å². The van der Waals surface area contributed by atoms with E-state index in [9.17, 15) is 14.7 Å². The van der Waals surface area contributed by atoms with Gasteiger partial charge in [0.2, 0.25) is 0 Å². The van der Waals surface area contributed by atoms with Crippen molar-refractivity contribution in [1.29, 1.82) is 0 Å². The summed E-state index contributed by atoms with van der Waals surface area (Å²) in [7, 11) is 0. The summed E-state index contributed by atoms with van der Waals surface area (Å²) in [6.07, 6.45) is 1.59. The monoisotopic (exact) mass is 258 g/mol. The number of amides is 2. The van der Waals surface area contributed by atoms with Crippen molar-refractivity contribution in [3.63, 3.8) is 0 Å². The van der Waals surface area contributed by atoms with Gasteiger partial charge in [-0.3, -0.25) is 4.79 Å². The first-order valence-corrected chi connectivity index (χ1v) is 6.27. The lowest BCUT2D eigenvalue weighted by molar-refractivity contribution is -0.141. The molecule has 0 aromatic carbocycles. The molecule has 1 fully saturated rings. The number of nitrogens with one attached hydrogen (secondary N) is 1. The fourth-order valence-corrected chi connectivity index (χ4v) is 1.98. The molecule has 0 aromatic heterocycles. The third kappa shape index (κ3) is 4.91. The van der Waals surface area contributed by atoms with Gasteiger partial charge in [-0.25, -0.2) is 4.79 Å². The number of carboxylic acid groups (broad SMARTS) is 1. The quantitative estimate of drug-likeness (QED) is 0.690. The Morgan fingerprint density at radius 1 is 1.39 bits per heavy atom. The van der Waals surface area contributed by atoms with Crippen LogP contribution in [0.25, 0.3) is 0 Å². The van der Waals surface area contributed by atoms with E-state index in [1.165, 1.54) is 6.92 Å². The lowest BCUT2D eigenvalue weighted by Gasteiger charge is -2.31. The number of carbonyl (C=O) groups is 2. The van der Waals surface area contributed by atoms with Crippen LogP contribution in [0, 0.1) is 5.92 Å². The second kappa shape index (κ2) is 6.04. The molecule has 3 N–H and O–H groups in total. The van der Waals surface area contributed by atoms with Gasteiger partial charge in [0.25, 0.3) is 0 Å². The average Bonchev–Trinajstić information content (AvgIpc) is 2.25. The van der Waals surface area contributed by atoms with Gasteiger partial charge in [-0.1, -0.05) is 6.92 Å². The number of aliphatic carboxylic acids is 1. The summed E-state index contributed by atoms with van der Waals surface area (Å²) in [5.74, 6) is -0.440. The van der Waals surface area contributed by atoms with Crippen molar-refractivity contribution in [1.82, 2.24) is 10.2 Å². The van der Waals surface area contributed by atoms with Crippen LogP contribution in [0.2, 0.25) is 0 Å². The molecule has 1 atom stereocenters. The minimum absolute atomic E-state index is 0.0514. The van der Waals surface area contributed by atoms with Crippen LogP contribution in [-0.4, -0.2) is 52.3 Å². The number of aliphatic hydroxyl groups is 1. The van der Waals surface area contributed by atoms with Crippen LogP contribution in [0.1, 0.15) is 33.1 Å². The summed E-state index contributed by atoms with van der Waals surface area (Å²) in [5, 5.41) is 21.0. The standard InChI is InChI=1S/C12H22N2O4/c1-9-3-5-14(6-4-9)11(17)13-8-12(2,18)7-10(15)16/h9,18H,3-8H2,1-2H3,(H,13,17)(H,15,16). The summed E-state index contributed by atoms with van der Waals surface area (Å²) < 4.78 is 0. The van der Waals surface area contributed by atoms with Gasteiger partial charge in [-0.2, -0.15) is 0 Å². The van der Waals surface area contributed by atoms with E-state index in [0.717, 1.165) is 12.8 Å². The van der Waals surface area contributed by atoms with Gasteiger partial charge in [0.15, 0.2) is 0 Å². The predicted octanol–water partition coefficient (Wildman–Crippen LogP) is 0.654. The normalized spacial score (nSPS) is 20.3. The highest BCUT2D eigenvalue weighted by Crippen LogP contribution is 2.16. The molecule has 104 valence electrons. The Morgan fingerprint density at radius 3 is 2.44 bits per heavy atom. The zero-order chi connectivity index (χ0) is 13.8. The van der Waals surface area contributed by atoms with Crippen LogP contribution in [0.4, 0.5) is 4.79 Å². The van der Waals surface area contributed by atoms with E-state index < -0.39 is 11.6 Å². The van der Waals surface area contributed by atoms with Crippen LogP contribution in [0.5, 0.6) is 0 Å². The molecule has 1 aliphatic rings. The van der Waals surface area contributed by atoms with Gasteiger partial charge < -0.3 is 20.4 Å². The molecule has 2 amide bonds. The number of carboxylic acids is 1. The molecule has 18 heavy (non-hydrogen) atoms. The molecular weight excluding hydrogens is 236 g/mol. The second-order valence-corrected chi connectivity index (χ2v) is 5.40. The van der Waals surface area contributed by atoms with Crippen molar-refractivity contribution in [2.24, 2.45) is 5.92 Å². The number of piperidine rings is 1. The molecular formula is C12H22N2O4. The molecule has 1 unspecified atom stereocenters. The lowest BCUT2D eigenvalue weighted by Crippen LogP contribution is -2.49. The minimum atomic E-state index is -1.41. The Hall–Kier alpha value is -1.30. The highest BCUT2D eigenvalue weighted by Gasteiger charge is 2.26. The molecule has 0 aromatic rings. The highest BCUT2D eigenvalue weighted by molar-refractivity contribution is 5.74. The first-order chi connectivity index (χ1) is 8.30. The Kier molecular flexibility index (Phi) is 4.95. The first-order valence-electron chi connectivity index (χ1n) is 6.27. The number of hydrogen-bond acceptors (Lipinski definition) is 3. The fraction of sp³-hybridized carbons (Fsp3) is 0.833. The van der Waals surface area contributed by atoms with Gasteiger partial charge in [-0.05, 0) is 25.7 Å². The van der Waals surface area contributed by atoms with E-state index in [1.807, 2.05) is 0 Å². The highest BCUT2D eigenvalue weighted by atomic mass is 16.4. The van der Waals surface area contributed by atoms with Crippen LogP contribution >= 0.6 is 0 Å². The predicted molar refractivity (Wildman–Crippen MR) is 66.2 cm³/mol. The molecule has 1 rings (SSSR count). The number of nitrogens with zero attached hydrogens (tertiary/aromatic N) is 1. The molecule has 0 bridgehead atoms. The summed E-state index contributed by atoms with van der Waals surface area (Å²) >= 11 is 0. The van der Waals surface area contributed by atoms with Crippen molar-refractivity contribution in [3.8, 4) is 0 Å². The van der Waals surface area contributed by atoms with Crippen molar-refractivity contribution in [3.05, 3.63) is 0 Å². The number of likely N-dealkylation sites (tertiary alicyclic amines) is 1. The third-order valence-corrected chi connectivity index (χ3v) is 3.22. The summed E-state index contributed by atoms with van der Waals surface area (Å²) in [4.78, 5) is 24.0. The smallest absolute Gasteiger partial charge is 0.317 e. The van der Waals surface area contributed by atoms with Gasteiger partial charge in [0, 0.05) is 19.6 Å². The van der Waals surface area contributed by atoms with Crippen molar-refractivity contribution in [2.45, 2.75) is 38.7 Å². The Morgan fingerprint density at radius 2 is 1.94 bits per heavy atom. The first kappa shape index (κ1) is 14.8. The van der Waals surface area contributed by atoms with Crippen molar-refractivity contribution >= 4 is 12.0 Å². The SMILES string of the molecule is CC1CCN(C(=O)NCC(C)(O)CC(=O)O)CC1. The summed E-state index contributed by atoms with van der Waals surface area (Å²) in [6.45, 7) is 4.94. The van der Waals surface area contributed by atoms with Crippen LogP contribution in [0.15, 0.2) is 0 Å². The molecule has 1 saturated heterocycles. The maximum atomic E-state index is 11.8. The molecule has 0 saturated carbocycles. The fourth-order valence-electron chi connectivity index (χ4n) is 1.98. The van der Waals surface area contributed by atoms with Gasteiger partial charge >= 0.3 is 12.0 Å².